The molecular weight excluding hydrogens is 326 g/mol. The number of ether oxygens (including phenoxy) is 1. The summed E-state index contributed by atoms with van der Waals surface area (Å²) in [5.41, 5.74) is 1.95. The first kappa shape index (κ1) is 18.2. The number of urea groups is 1. The third-order valence-electron chi connectivity index (χ3n) is 4.03. The highest BCUT2D eigenvalue weighted by Crippen LogP contribution is 2.20. The van der Waals surface area contributed by atoms with Crippen LogP contribution in [-0.4, -0.2) is 36.6 Å². The van der Waals surface area contributed by atoms with E-state index in [9.17, 15) is 4.79 Å². The van der Waals surface area contributed by atoms with Crippen LogP contribution in [0.25, 0.3) is 0 Å². The van der Waals surface area contributed by atoms with Gasteiger partial charge < -0.3 is 15.0 Å². The van der Waals surface area contributed by atoms with E-state index < -0.39 is 0 Å². The molecule has 2 rings (SSSR count). The van der Waals surface area contributed by atoms with Gasteiger partial charge in [-0.15, -0.1) is 0 Å². The molecule has 0 aliphatic rings. The molecule has 1 aromatic heterocycles. The van der Waals surface area contributed by atoms with E-state index in [1.54, 1.807) is 43.6 Å². The highest BCUT2D eigenvalue weighted by atomic mass is 35.5. The number of carbonyl (C=O) groups excluding carboxylic acids is 1. The molecule has 0 bridgehead atoms. The summed E-state index contributed by atoms with van der Waals surface area (Å²) in [6, 6.07) is 11.0. The molecular formula is C18H22ClN3O2. The van der Waals surface area contributed by atoms with E-state index in [-0.39, 0.29) is 18.2 Å². The van der Waals surface area contributed by atoms with Gasteiger partial charge >= 0.3 is 6.03 Å². The normalized spacial score (nSPS) is 13.2. The number of carbonyl (C=O) groups is 1. The number of benzene rings is 1. The van der Waals surface area contributed by atoms with Gasteiger partial charge in [0.15, 0.2) is 0 Å². The van der Waals surface area contributed by atoms with Crippen molar-refractivity contribution in [3.8, 4) is 0 Å². The number of amides is 2. The fraction of sp³-hybridized carbons (Fsp3) is 0.333. The molecule has 0 radical (unpaired) electrons. The van der Waals surface area contributed by atoms with Gasteiger partial charge in [0.1, 0.15) is 0 Å². The minimum atomic E-state index is -0.228. The molecule has 0 spiro atoms. The Morgan fingerprint density at radius 1 is 1.29 bits per heavy atom. The van der Waals surface area contributed by atoms with Gasteiger partial charge in [0.2, 0.25) is 0 Å². The summed E-state index contributed by atoms with van der Waals surface area (Å²) in [6.45, 7) is 2.34. The van der Waals surface area contributed by atoms with Crippen LogP contribution in [0.5, 0.6) is 0 Å². The second-order valence-electron chi connectivity index (χ2n) is 5.54. The van der Waals surface area contributed by atoms with Crippen LogP contribution >= 0.6 is 11.6 Å². The van der Waals surface area contributed by atoms with Gasteiger partial charge in [-0.05, 0) is 36.2 Å². The monoisotopic (exact) mass is 347 g/mol. The number of methoxy groups -OCH3 is 1. The summed E-state index contributed by atoms with van der Waals surface area (Å²) >= 11 is 5.90. The molecule has 128 valence electrons. The van der Waals surface area contributed by atoms with Crippen molar-refractivity contribution in [1.82, 2.24) is 15.2 Å². The van der Waals surface area contributed by atoms with Crippen molar-refractivity contribution in [3.05, 3.63) is 64.9 Å². The zero-order valence-corrected chi connectivity index (χ0v) is 14.8. The summed E-state index contributed by atoms with van der Waals surface area (Å²) in [7, 11) is 3.38. The van der Waals surface area contributed by atoms with E-state index in [1.165, 1.54) is 0 Å². The van der Waals surface area contributed by atoms with Gasteiger partial charge in [-0.25, -0.2) is 4.79 Å². The summed E-state index contributed by atoms with van der Waals surface area (Å²) < 4.78 is 5.47. The largest absolute Gasteiger partial charge is 0.375 e. The Bertz CT molecular complexity index is 649. The average molecular weight is 348 g/mol. The van der Waals surface area contributed by atoms with Gasteiger partial charge in [0.05, 0.1) is 12.1 Å². The maximum absolute atomic E-state index is 12.4. The number of hydrogen-bond donors (Lipinski definition) is 1. The molecule has 1 aromatic carbocycles. The highest BCUT2D eigenvalue weighted by molar-refractivity contribution is 6.30. The predicted octanol–water partition coefficient (Wildman–Crippen LogP) is 3.83. The van der Waals surface area contributed by atoms with Gasteiger partial charge in [0, 0.05) is 38.1 Å². The fourth-order valence-electron chi connectivity index (χ4n) is 2.34. The van der Waals surface area contributed by atoms with Crippen LogP contribution < -0.4 is 5.32 Å². The molecule has 0 aliphatic heterocycles. The molecule has 2 aromatic rings. The Hall–Kier alpha value is -2.11. The maximum Gasteiger partial charge on any atom is 0.317 e. The second kappa shape index (κ2) is 8.66. The topological polar surface area (TPSA) is 54.5 Å². The molecule has 1 heterocycles. The van der Waals surface area contributed by atoms with Crippen LogP contribution in [0.15, 0.2) is 48.8 Å². The minimum absolute atomic E-state index is 0.0739. The predicted molar refractivity (Wildman–Crippen MR) is 95.0 cm³/mol. The van der Waals surface area contributed by atoms with Crippen molar-refractivity contribution < 1.29 is 9.53 Å². The standard InChI is InChI=1S/C18H22ClN3O2/c1-13(15-5-4-10-20-11-15)22(2)18(23)21-12-17(24-3)14-6-8-16(19)9-7-14/h4-11,13,17H,12H2,1-3H3,(H,21,23)/t13-,17+/m1/s1. The van der Waals surface area contributed by atoms with Crippen LogP contribution in [0.2, 0.25) is 5.02 Å². The molecule has 2 amide bonds. The van der Waals surface area contributed by atoms with Gasteiger partial charge in [-0.3, -0.25) is 4.98 Å². The first-order chi connectivity index (χ1) is 11.5. The lowest BCUT2D eigenvalue weighted by Gasteiger charge is -2.26. The number of halogens is 1. The van der Waals surface area contributed by atoms with Crippen LogP contribution in [0.4, 0.5) is 4.79 Å². The molecule has 2 atom stereocenters. The molecule has 6 heteroatoms. The fourth-order valence-corrected chi connectivity index (χ4v) is 2.47. The van der Waals surface area contributed by atoms with Gasteiger partial charge in [0.25, 0.3) is 0 Å². The Balaban J connectivity index is 1.94. The molecule has 0 saturated heterocycles. The van der Waals surface area contributed by atoms with E-state index in [2.05, 4.69) is 10.3 Å². The van der Waals surface area contributed by atoms with Crippen molar-refractivity contribution in [2.75, 3.05) is 20.7 Å². The lowest BCUT2D eigenvalue weighted by Crippen LogP contribution is -2.40. The first-order valence-electron chi connectivity index (χ1n) is 7.71. The smallest absolute Gasteiger partial charge is 0.317 e. The van der Waals surface area contributed by atoms with Gasteiger partial charge in [-0.1, -0.05) is 29.8 Å². The number of aromatic nitrogens is 1. The van der Waals surface area contributed by atoms with Crippen molar-refractivity contribution in [2.45, 2.75) is 19.1 Å². The molecule has 1 N–H and O–H groups in total. The number of hydrogen-bond acceptors (Lipinski definition) is 3. The van der Waals surface area contributed by atoms with Crippen molar-refractivity contribution >= 4 is 17.6 Å². The minimum Gasteiger partial charge on any atom is -0.375 e. The number of rotatable bonds is 6. The highest BCUT2D eigenvalue weighted by Gasteiger charge is 2.19. The third-order valence-corrected chi connectivity index (χ3v) is 4.29. The van der Waals surface area contributed by atoms with E-state index in [0.717, 1.165) is 11.1 Å². The average Bonchev–Trinajstić information content (AvgIpc) is 2.62. The maximum atomic E-state index is 12.4. The van der Waals surface area contributed by atoms with E-state index in [4.69, 9.17) is 16.3 Å². The second-order valence-corrected chi connectivity index (χ2v) is 5.97. The van der Waals surface area contributed by atoms with Gasteiger partial charge in [-0.2, -0.15) is 0 Å². The summed E-state index contributed by atoms with van der Waals surface area (Å²) in [5, 5.41) is 3.57. The molecule has 0 aliphatic carbocycles. The summed E-state index contributed by atoms with van der Waals surface area (Å²) in [6.07, 6.45) is 3.25. The summed E-state index contributed by atoms with van der Waals surface area (Å²) in [5.74, 6) is 0. The van der Waals surface area contributed by atoms with Crippen LogP contribution in [0.1, 0.15) is 30.2 Å². The van der Waals surface area contributed by atoms with Crippen molar-refractivity contribution in [2.24, 2.45) is 0 Å². The Kier molecular flexibility index (Phi) is 6.58. The number of nitrogens with one attached hydrogen (secondary N) is 1. The zero-order chi connectivity index (χ0) is 17.5. The Labute approximate surface area is 147 Å². The molecule has 0 fully saturated rings. The zero-order valence-electron chi connectivity index (χ0n) is 14.1. The molecule has 24 heavy (non-hydrogen) atoms. The number of pyridine rings is 1. The number of nitrogens with zero attached hydrogens (tertiary/aromatic N) is 2. The van der Waals surface area contributed by atoms with Crippen LogP contribution in [0.3, 0.4) is 0 Å². The molecule has 5 nitrogen and oxygen atoms in total. The van der Waals surface area contributed by atoms with Crippen LogP contribution in [-0.2, 0) is 4.74 Å². The van der Waals surface area contributed by atoms with E-state index in [0.29, 0.717) is 11.6 Å². The van der Waals surface area contributed by atoms with E-state index in [1.807, 2.05) is 31.2 Å². The third kappa shape index (κ3) is 4.69. The van der Waals surface area contributed by atoms with E-state index >= 15 is 0 Å². The molecule has 0 unspecified atom stereocenters. The molecule has 0 saturated carbocycles. The Morgan fingerprint density at radius 2 is 2.00 bits per heavy atom. The van der Waals surface area contributed by atoms with Crippen molar-refractivity contribution in [3.63, 3.8) is 0 Å². The first-order valence-corrected chi connectivity index (χ1v) is 8.09. The SMILES string of the molecule is CO[C@@H](CNC(=O)N(C)[C@H](C)c1cccnc1)c1ccc(Cl)cc1. The lowest BCUT2D eigenvalue weighted by atomic mass is 10.1. The summed E-state index contributed by atoms with van der Waals surface area (Å²) in [4.78, 5) is 18.1. The van der Waals surface area contributed by atoms with Crippen LogP contribution in [0, 0.1) is 0 Å². The lowest BCUT2D eigenvalue weighted by molar-refractivity contribution is 0.101. The Morgan fingerprint density at radius 3 is 2.58 bits per heavy atom. The van der Waals surface area contributed by atoms with Crippen molar-refractivity contribution in [1.29, 1.82) is 0 Å². The quantitative estimate of drug-likeness (QED) is 0.864.